The lowest BCUT2D eigenvalue weighted by Crippen LogP contribution is -1.94. The number of benzene rings is 1. The van der Waals surface area contributed by atoms with Crippen molar-refractivity contribution in [1.82, 2.24) is 0 Å². The fourth-order valence-electron chi connectivity index (χ4n) is 1.44. The van der Waals surface area contributed by atoms with Crippen molar-refractivity contribution in [3.8, 4) is 5.75 Å². The molecule has 1 aromatic carbocycles. The molecule has 2 nitrogen and oxygen atoms in total. The van der Waals surface area contributed by atoms with Crippen LogP contribution in [0.1, 0.15) is 11.1 Å². The van der Waals surface area contributed by atoms with Crippen LogP contribution in [0.25, 0.3) is 0 Å². The molecule has 74 valence electrons. The molecule has 0 bridgehead atoms. The first-order valence-corrected chi connectivity index (χ1v) is 5.54. The van der Waals surface area contributed by atoms with E-state index in [-0.39, 0.29) is 5.17 Å². The zero-order chi connectivity index (χ0) is 10.3. The highest BCUT2D eigenvalue weighted by molar-refractivity contribution is 9.10. The van der Waals surface area contributed by atoms with Crippen molar-refractivity contribution in [3.05, 3.63) is 26.7 Å². The molecule has 0 spiro atoms. The fraction of sp³-hybridized carbons (Fsp3) is 0.222. The quantitative estimate of drug-likeness (QED) is 0.789. The zero-order valence-electron chi connectivity index (χ0n) is 7.03. The molecule has 1 aromatic rings. The standard InChI is InChI=1S/C9H6BrCl2NO/c10-6-3-5(9(12)13)7(11)8-4(6)1-2-14-8/h3,13H,1-2H2. The minimum Gasteiger partial charge on any atom is -0.491 e. The van der Waals surface area contributed by atoms with Crippen LogP contribution in [0.5, 0.6) is 5.75 Å². The predicted molar refractivity (Wildman–Crippen MR) is 61.0 cm³/mol. The lowest BCUT2D eigenvalue weighted by Gasteiger charge is -2.08. The molecular formula is C9H6BrCl2NO. The van der Waals surface area contributed by atoms with Gasteiger partial charge >= 0.3 is 0 Å². The first kappa shape index (κ1) is 10.3. The molecule has 1 heterocycles. The summed E-state index contributed by atoms with van der Waals surface area (Å²) in [6.45, 7) is 0.632. The Kier molecular flexibility index (Phi) is 2.73. The highest BCUT2D eigenvalue weighted by Gasteiger charge is 2.22. The average molecular weight is 295 g/mol. The number of ether oxygens (including phenoxy) is 1. The molecule has 0 atom stereocenters. The summed E-state index contributed by atoms with van der Waals surface area (Å²) in [5.74, 6) is 0.654. The Bertz CT molecular complexity index is 420. The lowest BCUT2D eigenvalue weighted by atomic mass is 10.1. The van der Waals surface area contributed by atoms with E-state index < -0.39 is 0 Å². The molecule has 0 amide bonds. The molecule has 0 saturated heterocycles. The second kappa shape index (κ2) is 3.72. The molecule has 5 heteroatoms. The summed E-state index contributed by atoms with van der Waals surface area (Å²) in [4.78, 5) is 0. The SMILES string of the molecule is N=C(Cl)c1cc(Br)c2c(c1Cl)OCC2. The third kappa shape index (κ3) is 1.53. The van der Waals surface area contributed by atoms with Crippen molar-refractivity contribution < 1.29 is 4.74 Å². The molecule has 1 aliphatic heterocycles. The van der Waals surface area contributed by atoms with Gasteiger partial charge in [0.15, 0.2) is 0 Å². The van der Waals surface area contributed by atoms with Gasteiger partial charge in [-0.25, -0.2) is 0 Å². The molecule has 1 aliphatic rings. The van der Waals surface area contributed by atoms with Gasteiger partial charge in [-0.2, -0.15) is 0 Å². The second-order valence-electron chi connectivity index (χ2n) is 2.94. The molecule has 0 fully saturated rings. The fourth-order valence-corrected chi connectivity index (χ4v) is 2.56. The van der Waals surface area contributed by atoms with Crippen LogP contribution >= 0.6 is 39.1 Å². The van der Waals surface area contributed by atoms with E-state index in [1.54, 1.807) is 6.07 Å². The van der Waals surface area contributed by atoms with Gasteiger partial charge in [-0.1, -0.05) is 39.1 Å². The number of halogens is 3. The zero-order valence-corrected chi connectivity index (χ0v) is 10.1. The van der Waals surface area contributed by atoms with Crippen LogP contribution in [0, 0.1) is 5.41 Å². The van der Waals surface area contributed by atoms with Gasteiger partial charge in [-0.05, 0) is 6.07 Å². The van der Waals surface area contributed by atoms with Crippen molar-refractivity contribution in [2.45, 2.75) is 6.42 Å². The van der Waals surface area contributed by atoms with E-state index in [1.165, 1.54) is 0 Å². The van der Waals surface area contributed by atoms with Crippen LogP contribution < -0.4 is 4.74 Å². The second-order valence-corrected chi connectivity index (χ2v) is 4.55. The van der Waals surface area contributed by atoms with Crippen molar-refractivity contribution in [2.75, 3.05) is 6.61 Å². The summed E-state index contributed by atoms with van der Waals surface area (Å²) < 4.78 is 6.28. The van der Waals surface area contributed by atoms with E-state index in [2.05, 4.69) is 15.9 Å². The van der Waals surface area contributed by atoms with Gasteiger partial charge < -0.3 is 4.74 Å². The molecular weight excluding hydrogens is 289 g/mol. The Morgan fingerprint density at radius 2 is 2.29 bits per heavy atom. The number of nitrogens with one attached hydrogen (secondary N) is 1. The summed E-state index contributed by atoms with van der Waals surface area (Å²) in [6, 6.07) is 1.76. The van der Waals surface area contributed by atoms with Crippen molar-refractivity contribution in [3.63, 3.8) is 0 Å². The molecule has 0 aromatic heterocycles. The Labute approximate surface area is 99.8 Å². The van der Waals surface area contributed by atoms with Crippen LogP contribution in [-0.2, 0) is 6.42 Å². The molecule has 0 unspecified atom stereocenters. The van der Waals surface area contributed by atoms with Crippen LogP contribution in [0.2, 0.25) is 5.02 Å². The molecule has 14 heavy (non-hydrogen) atoms. The molecule has 1 N–H and O–H groups in total. The predicted octanol–water partition coefficient (Wildman–Crippen LogP) is 3.60. The molecule has 0 saturated carbocycles. The Morgan fingerprint density at radius 3 is 2.93 bits per heavy atom. The van der Waals surface area contributed by atoms with Gasteiger partial charge in [-0.3, -0.25) is 5.41 Å². The summed E-state index contributed by atoms with van der Waals surface area (Å²) in [6.07, 6.45) is 0.839. The Balaban J connectivity index is 2.68. The average Bonchev–Trinajstić information content (AvgIpc) is 2.59. The van der Waals surface area contributed by atoms with E-state index in [0.717, 1.165) is 16.5 Å². The van der Waals surface area contributed by atoms with Gasteiger partial charge in [0.1, 0.15) is 10.9 Å². The summed E-state index contributed by atoms with van der Waals surface area (Å²) >= 11 is 15.1. The number of hydrogen-bond acceptors (Lipinski definition) is 2. The van der Waals surface area contributed by atoms with E-state index in [0.29, 0.717) is 22.9 Å². The van der Waals surface area contributed by atoms with E-state index >= 15 is 0 Å². The monoisotopic (exact) mass is 293 g/mol. The molecule has 0 radical (unpaired) electrons. The smallest absolute Gasteiger partial charge is 0.143 e. The van der Waals surface area contributed by atoms with Gasteiger partial charge in [0.2, 0.25) is 0 Å². The molecule has 2 rings (SSSR count). The van der Waals surface area contributed by atoms with Gasteiger partial charge in [0.05, 0.1) is 11.6 Å². The van der Waals surface area contributed by atoms with Gasteiger partial charge in [0.25, 0.3) is 0 Å². The Morgan fingerprint density at radius 1 is 1.57 bits per heavy atom. The minimum absolute atomic E-state index is 0.0750. The third-order valence-electron chi connectivity index (χ3n) is 2.10. The van der Waals surface area contributed by atoms with Crippen molar-refractivity contribution >= 4 is 44.3 Å². The lowest BCUT2D eigenvalue weighted by molar-refractivity contribution is 0.357. The van der Waals surface area contributed by atoms with Crippen LogP contribution in [0.3, 0.4) is 0 Å². The summed E-state index contributed by atoms with van der Waals surface area (Å²) in [5, 5.41) is 7.70. The van der Waals surface area contributed by atoms with E-state index in [1.807, 2.05) is 0 Å². The Hall–Kier alpha value is -0.250. The number of rotatable bonds is 1. The maximum Gasteiger partial charge on any atom is 0.143 e. The van der Waals surface area contributed by atoms with E-state index in [9.17, 15) is 0 Å². The maximum absolute atomic E-state index is 7.34. The van der Waals surface area contributed by atoms with E-state index in [4.69, 9.17) is 33.3 Å². The summed E-state index contributed by atoms with van der Waals surface area (Å²) in [7, 11) is 0. The van der Waals surface area contributed by atoms with Crippen LogP contribution in [0.15, 0.2) is 10.5 Å². The van der Waals surface area contributed by atoms with Gasteiger partial charge in [0, 0.05) is 22.0 Å². The highest BCUT2D eigenvalue weighted by atomic mass is 79.9. The molecule has 0 aliphatic carbocycles. The first-order valence-electron chi connectivity index (χ1n) is 3.99. The highest BCUT2D eigenvalue weighted by Crippen LogP contribution is 2.41. The minimum atomic E-state index is -0.0750. The van der Waals surface area contributed by atoms with Crippen molar-refractivity contribution in [1.29, 1.82) is 5.41 Å². The normalized spacial score (nSPS) is 13.6. The number of hydrogen-bond donors (Lipinski definition) is 1. The third-order valence-corrected chi connectivity index (χ3v) is 3.39. The largest absolute Gasteiger partial charge is 0.491 e. The number of fused-ring (bicyclic) bond motifs is 1. The van der Waals surface area contributed by atoms with Crippen LogP contribution in [-0.4, -0.2) is 11.8 Å². The van der Waals surface area contributed by atoms with Gasteiger partial charge in [-0.15, -0.1) is 0 Å². The van der Waals surface area contributed by atoms with Crippen molar-refractivity contribution in [2.24, 2.45) is 0 Å². The maximum atomic E-state index is 7.34. The first-order chi connectivity index (χ1) is 6.61. The summed E-state index contributed by atoms with van der Waals surface area (Å²) in [5.41, 5.74) is 1.55. The van der Waals surface area contributed by atoms with Crippen LogP contribution in [0.4, 0.5) is 0 Å². The topological polar surface area (TPSA) is 33.1 Å².